The average molecular weight is 592 g/mol. The summed E-state index contributed by atoms with van der Waals surface area (Å²) >= 11 is 3.80. The van der Waals surface area contributed by atoms with Crippen LogP contribution in [0.5, 0.6) is 0 Å². The molecule has 2 atom stereocenters. The van der Waals surface area contributed by atoms with Gasteiger partial charge in [-0.1, -0.05) is 23.0 Å². The lowest BCUT2D eigenvalue weighted by molar-refractivity contribution is -0.150. The lowest BCUT2D eigenvalue weighted by Gasteiger charge is -2.49. The van der Waals surface area contributed by atoms with Crippen LogP contribution in [0.3, 0.4) is 0 Å². The zero-order valence-corrected chi connectivity index (χ0v) is 23.0. The molecule has 1 unspecified atom stereocenters. The van der Waals surface area contributed by atoms with Crippen molar-refractivity contribution in [2.45, 2.75) is 54.9 Å². The molecule has 2 aromatic heterocycles. The second kappa shape index (κ2) is 11.7. The molecular formula is C22H25N9O5S3. The van der Waals surface area contributed by atoms with Crippen molar-refractivity contribution in [3.8, 4) is 0 Å². The molecule has 2 amide bonds. The quantitative estimate of drug-likeness (QED) is 0.111. The third kappa shape index (κ3) is 5.65. The monoisotopic (exact) mass is 591 g/mol. The molecule has 206 valence electrons. The first-order valence-electron chi connectivity index (χ1n) is 12.0. The zero-order valence-electron chi connectivity index (χ0n) is 20.6. The van der Waals surface area contributed by atoms with Crippen LogP contribution in [0.2, 0.25) is 0 Å². The molecule has 3 aliphatic rings. The summed E-state index contributed by atoms with van der Waals surface area (Å²) in [6.45, 7) is 4.08. The molecular weight excluding hydrogens is 567 g/mol. The number of β-lactam (4-membered cyclic amide) rings is 1. The number of carboxylic acid groups (broad SMARTS) is 1. The topological polar surface area (TPSA) is 191 Å². The summed E-state index contributed by atoms with van der Waals surface area (Å²) < 4.78 is 1.54. The molecule has 1 aliphatic carbocycles. The number of hydrogen-bond acceptors (Lipinski definition) is 13. The van der Waals surface area contributed by atoms with Gasteiger partial charge in [-0.25, -0.2) is 14.5 Å². The minimum atomic E-state index is -1.22. The number of thiazole rings is 1. The fourth-order valence-electron chi connectivity index (χ4n) is 4.41. The number of nitrogens with zero attached hydrogens (tertiary/aromatic N) is 7. The maximum Gasteiger partial charge on any atom is 0.352 e. The van der Waals surface area contributed by atoms with E-state index in [1.807, 2.05) is 0 Å². The molecule has 2 aromatic rings. The third-order valence-corrected chi connectivity index (χ3v) is 9.34. The third-order valence-electron chi connectivity index (χ3n) is 6.29. The number of hydrogen-bond donors (Lipinski definition) is 3. The highest BCUT2D eigenvalue weighted by Gasteiger charge is 2.54. The number of allylic oxidation sites excluding steroid dienone is 1. The summed E-state index contributed by atoms with van der Waals surface area (Å²) in [5.74, 6) is -1.75. The number of fused-ring (bicyclic) bond motifs is 1. The average Bonchev–Trinajstić information content (AvgIpc) is 3.69. The molecule has 0 aromatic carbocycles. The lowest BCUT2D eigenvalue weighted by atomic mass is 10.0. The van der Waals surface area contributed by atoms with Gasteiger partial charge in [0.25, 0.3) is 11.8 Å². The Morgan fingerprint density at radius 2 is 2.18 bits per heavy atom. The number of nitrogens with one attached hydrogen (secondary N) is 1. The van der Waals surface area contributed by atoms with E-state index in [2.05, 4.69) is 37.6 Å². The van der Waals surface area contributed by atoms with Crippen LogP contribution in [0, 0.1) is 0 Å². The van der Waals surface area contributed by atoms with Gasteiger partial charge in [0.05, 0.1) is 6.54 Å². The SMILES string of the molecule is C=CCn1nnnc1SCC1=C(C(=O)O)N2C(=O)C(NC(=O)/C(=N\OC3CCCC3)c3csc(N)n3)[C@H]2SC1. The van der Waals surface area contributed by atoms with E-state index in [0.717, 1.165) is 37.0 Å². The van der Waals surface area contributed by atoms with Gasteiger partial charge in [-0.05, 0) is 41.7 Å². The number of carbonyl (C=O) groups excluding carboxylic acids is 2. The van der Waals surface area contributed by atoms with Crippen molar-refractivity contribution in [1.29, 1.82) is 0 Å². The fraction of sp³-hybridized carbons (Fsp3) is 0.455. The van der Waals surface area contributed by atoms with Crippen LogP contribution in [-0.2, 0) is 25.8 Å². The summed E-state index contributed by atoms with van der Waals surface area (Å²) in [6, 6.07) is -0.932. The Bertz CT molecular complexity index is 1350. The Morgan fingerprint density at radius 3 is 2.87 bits per heavy atom. The highest BCUT2D eigenvalue weighted by molar-refractivity contribution is 8.01. The second-order valence-corrected chi connectivity index (χ2v) is 11.8. The first kappa shape index (κ1) is 27.1. The minimum Gasteiger partial charge on any atom is -0.477 e. The van der Waals surface area contributed by atoms with Crippen LogP contribution in [-0.4, -0.2) is 87.7 Å². The summed E-state index contributed by atoms with van der Waals surface area (Å²) in [5, 5.41) is 30.0. The van der Waals surface area contributed by atoms with Crippen LogP contribution in [0.4, 0.5) is 5.13 Å². The number of aromatic nitrogens is 5. The van der Waals surface area contributed by atoms with Gasteiger partial charge in [0, 0.05) is 16.9 Å². The first-order chi connectivity index (χ1) is 18.9. The Labute approximate surface area is 235 Å². The molecule has 0 spiro atoms. The van der Waals surface area contributed by atoms with E-state index in [1.165, 1.54) is 28.4 Å². The number of thioether (sulfide) groups is 2. The Morgan fingerprint density at radius 1 is 1.38 bits per heavy atom. The number of carboxylic acids is 1. The molecule has 0 radical (unpaired) electrons. The first-order valence-corrected chi connectivity index (χ1v) is 14.9. The van der Waals surface area contributed by atoms with E-state index in [4.69, 9.17) is 10.6 Å². The highest BCUT2D eigenvalue weighted by atomic mass is 32.2. The smallest absolute Gasteiger partial charge is 0.352 e. The van der Waals surface area contributed by atoms with Gasteiger partial charge >= 0.3 is 5.97 Å². The Balaban J connectivity index is 1.30. The number of oxime groups is 1. The molecule has 2 aliphatic heterocycles. The van der Waals surface area contributed by atoms with Crippen molar-refractivity contribution in [3.63, 3.8) is 0 Å². The normalized spacial score (nSPS) is 21.5. The van der Waals surface area contributed by atoms with Crippen molar-refractivity contribution < 1.29 is 24.3 Å². The number of nitrogen functional groups attached to an aromatic ring is 1. The molecule has 17 heteroatoms. The zero-order chi connectivity index (χ0) is 27.5. The predicted molar refractivity (Wildman–Crippen MR) is 145 cm³/mol. The van der Waals surface area contributed by atoms with Crippen molar-refractivity contribution in [3.05, 3.63) is 35.0 Å². The molecule has 39 heavy (non-hydrogen) atoms. The maximum absolute atomic E-state index is 13.2. The van der Waals surface area contributed by atoms with Crippen LogP contribution in [0.1, 0.15) is 31.4 Å². The van der Waals surface area contributed by atoms with Crippen molar-refractivity contribution in [2.75, 3.05) is 17.2 Å². The molecule has 1 saturated heterocycles. The van der Waals surface area contributed by atoms with E-state index in [-0.39, 0.29) is 34.1 Å². The van der Waals surface area contributed by atoms with Gasteiger partial charge in [-0.3, -0.25) is 14.5 Å². The number of carbonyl (C=O) groups is 3. The lowest BCUT2D eigenvalue weighted by Crippen LogP contribution is -2.71. The van der Waals surface area contributed by atoms with Crippen molar-refractivity contribution in [1.82, 2.24) is 35.4 Å². The molecule has 2 fully saturated rings. The number of rotatable bonds is 11. The largest absolute Gasteiger partial charge is 0.477 e. The number of aliphatic carboxylic acids is 1. The minimum absolute atomic E-state index is 0.0785. The van der Waals surface area contributed by atoms with Gasteiger partial charge in [0.15, 0.2) is 10.8 Å². The van der Waals surface area contributed by atoms with Gasteiger partial charge in [0.2, 0.25) is 5.16 Å². The van der Waals surface area contributed by atoms with Gasteiger partial charge in [-0.15, -0.1) is 34.8 Å². The van der Waals surface area contributed by atoms with Crippen LogP contribution >= 0.6 is 34.9 Å². The standard InChI is InChI=1S/C22H25N9O5S3/c1-2-7-30-22(26-28-29-30)39-9-11-8-37-19-15(18(33)31(19)16(11)20(34)35)25-17(32)14(13-10-38-21(23)24-13)27-36-12-5-3-4-6-12/h2,10,12,15,19H,1,3-9H2,(H2,23,24)(H,25,32)(H,34,35)/b27-14-/t15?,19-/m1/s1. The molecule has 5 rings (SSSR count). The molecule has 4 heterocycles. The van der Waals surface area contributed by atoms with E-state index in [1.54, 1.807) is 16.1 Å². The summed E-state index contributed by atoms with van der Waals surface area (Å²) in [4.78, 5) is 49.5. The Hall–Kier alpha value is -3.44. The van der Waals surface area contributed by atoms with E-state index in [9.17, 15) is 19.5 Å². The van der Waals surface area contributed by atoms with Crippen LogP contribution in [0.25, 0.3) is 0 Å². The fourth-order valence-corrected chi connectivity index (χ4v) is 7.33. The number of nitrogens with two attached hydrogens (primary N) is 1. The van der Waals surface area contributed by atoms with E-state index in [0.29, 0.717) is 23.0 Å². The summed E-state index contributed by atoms with van der Waals surface area (Å²) in [5.41, 5.74) is 6.40. The van der Waals surface area contributed by atoms with Gasteiger partial charge in [-0.2, -0.15) is 0 Å². The molecule has 4 N–H and O–H groups in total. The number of tetrazole rings is 1. The second-order valence-electron chi connectivity index (χ2n) is 8.86. The van der Waals surface area contributed by atoms with Gasteiger partial charge in [0.1, 0.15) is 28.9 Å². The molecule has 14 nitrogen and oxygen atoms in total. The maximum atomic E-state index is 13.2. The van der Waals surface area contributed by atoms with Crippen LogP contribution in [0.15, 0.2) is 39.6 Å². The van der Waals surface area contributed by atoms with E-state index >= 15 is 0 Å². The highest BCUT2D eigenvalue weighted by Crippen LogP contribution is 2.41. The summed E-state index contributed by atoms with van der Waals surface area (Å²) in [7, 11) is 0. The van der Waals surface area contributed by atoms with Crippen LogP contribution < -0.4 is 11.1 Å². The Kier molecular flexibility index (Phi) is 8.18. The summed E-state index contributed by atoms with van der Waals surface area (Å²) in [6.07, 6.45) is 5.32. The molecule has 1 saturated carbocycles. The van der Waals surface area contributed by atoms with Crippen molar-refractivity contribution >= 4 is 63.5 Å². The number of amides is 2. The molecule has 0 bridgehead atoms. The van der Waals surface area contributed by atoms with E-state index < -0.39 is 29.2 Å². The predicted octanol–water partition coefficient (Wildman–Crippen LogP) is 1.09. The van der Waals surface area contributed by atoms with Gasteiger partial charge < -0.3 is 21.0 Å². The number of anilines is 1. The van der Waals surface area contributed by atoms with Crippen molar-refractivity contribution in [2.24, 2.45) is 5.16 Å².